The van der Waals surface area contributed by atoms with Gasteiger partial charge in [-0.25, -0.2) is 0 Å². The van der Waals surface area contributed by atoms with Gasteiger partial charge in [-0.1, -0.05) is 18.7 Å². The van der Waals surface area contributed by atoms with Crippen molar-refractivity contribution in [2.75, 3.05) is 49.2 Å². The number of nitrogens with one attached hydrogen (secondary N) is 1. The van der Waals surface area contributed by atoms with E-state index in [0.717, 1.165) is 37.0 Å². The van der Waals surface area contributed by atoms with E-state index in [2.05, 4.69) is 20.4 Å². The number of likely N-dealkylation sites (N-methyl/N-ethyl adjacent to an activating group) is 1. The van der Waals surface area contributed by atoms with E-state index in [9.17, 15) is 18.0 Å². The number of benzene rings is 1. The van der Waals surface area contributed by atoms with Crippen molar-refractivity contribution >= 4 is 29.0 Å². The lowest BCUT2D eigenvalue weighted by Crippen LogP contribution is -2.44. The second-order valence-corrected chi connectivity index (χ2v) is 7.60. The highest BCUT2D eigenvalue weighted by Crippen LogP contribution is 2.36. The van der Waals surface area contributed by atoms with Gasteiger partial charge in [0.2, 0.25) is 11.8 Å². The largest absolute Gasteiger partial charge is 0.416 e. The van der Waals surface area contributed by atoms with E-state index in [4.69, 9.17) is 4.42 Å². The fraction of sp³-hybridized carbons (Fsp3) is 0.500. The maximum Gasteiger partial charge on any atom is 0.416 e. The van der Waals surface area contributed by atoms with Gasteiger partial charge in [0.1, 0.15) is 0 Å². The first-order chi connectivity index (χ1) is 13.8. The van der Waals surface area contributed by atoms with E-state index in [1.807, 2.05) is 18.9 Å². The number of aryl methyl sites for hydroxylation is 1. The van der Waals surface area contributed by atoms with Crippen molar-refractivity contribution in [2.45, 2.75) is 24.7 Å². The van der Waals surface area contributed by atoms with Crippen molar-refractivity contribution in [1.29, 1.82) is 0 Å². The Kier molecular flexibility index (Phi) is 6.68. The molecule has 1 fully saturated rings. The van der Waals surface area contributed by atoms with Crippen LogP contribution in [0.15, 0.2) is 27.8 Å². The van der Waals surface area contributed by atoms with Crippen LogP contribution < -0.4 is 10.2 Å². The normalized spacial score (nSPS) is 15.6. The molecule has 3 rings (SSSR count). The van der Waals surface area contributed by atoms with Gasteiger partial charge in [-0.05, 0) is 25.2 Å². The van der Waals surface area contributed by atoms with Crippen LogP contribution in [0.1, 0.15) is 18.4 Å². The minimum absolute atomic E-state index is 0.0518. The molecule has 1 N–H and O–H groups in total. The molecule has 0 saturated carbocycles. The Morgan fingerprint density at radius 2 is 1.97 bits per heavy atom. The molecule has 1 saturated heterocycles. The fourth-order valence-electron chi connectivity index (χ4n) is 2.89. The second-order valence-electron chi connectivity index (χ2n) is 6.67. The molecule has 0 bridgehead atoms. The molecule has 1 aliphatic heterocycles. The predicted octanol–water partition coefficient (Wildman–Crippen LogP) is 3.13. The Bertz CT molecular complexity index is 850. The van der Waals surface area contributed by atoms with Gasteiger partial charge in [0.15, 0.2) is 0 Å². The summed E-state index contributed by atoms with van der Waals surface area (Å²) in [6.45, 7) is 4.78. The molecule has 158 valence electrons. The van der Waals surface area contributed by atoms with Crippen molar-refractivity contribution in [2.24, 2.45) is 0 Å². The molecule has 0 radical (unpaired) electrons. The molecule has 2 aromatic rings. The van der Waals surface area contributed by atoms with Crippen molar-refractivity contribution < 1.29 is 22.4 Å². The van der Waals surface area contributed by atoms with E-state index < -0.39 is 17.6 Å². The molecule has 11 heteroatoms. The number of rotatable bonds is 6. The van der Waals surface area contributed by atoms with E-state index in [-0.39, 0.29) is 16.7 Å². The third kappa shape index (κ3) is 5.63. The summed E-state index contributed by atoms with van der Waals surface area (Å²) in [7, 11) is 1.99. The Labute approximate surface area is 170 Å². The summed E-state index contributed by atoms with van der Waals surface area (Å²) >= 11 is 1.04. The number of hydrogen-bond acceptors (Lipinski definition) is 7. The molecule has 29 heavy (non-hydrogen) atoms. The van der Waals surface area contributed by atoms with Crippen molar-refractivity contribution in [3.05, 3.63) is 29.7 Å². The number of aromatic nitrogens is 2. The van der Waals surface area contributed by atoms with Crippen LogP contribution in [0.3, 0.4) is 0 Å². The highest BCUT2D eigenvalue weighted by molar-refractivity contribution is 7.99. The number of hydrogen-bond donors (Lipinski definition) is 1. The minimum atomic E-state index is -4.49. The van der Waals surface area contributed by atoms with E-state index >= 15 is 0 Å². The number of amides is 1. The smallest absolute Gasteiger partial charge is 0.416 e. The maximum atomic E-state index is 13.2. The number of carbonyl (C=O) groups excluding carboxylic acids is 1. The van der Waals surface area contributed by atoms with Gasteiger partial charge < -0.3 is 19.5 Å². The van der Waals surface area contributed by atoms with Crippen molar-refractivity contribution in [3.63, 3.8) is 0 Å². The standard InChI is InChI=1S/C18H22F3N5O2S/c1-3-16-23-24-17(28-16)29-11-15(27)22-13-10-12(18(19,20)21)4-5-14(13)26-8-6-25(2)7-9-26/h4-5,10H,3,6-9,11H2,1-2H3,(H,22,27). The summed E-state index contributed by atoms with van der Waals surface area (Å²) in [6.07, 6.45) is -3.91. The number of carbonyl (C=O) groups is 1. The second kappa shape index (κ2) is 9.04. The van der Waals surface area contributed by atoms with Gasteiger partial charge in [-0.15, -0.1) is 10.2 Å². The highest BCUT2D eigenvalue weighted by atomic mass is 32.2. The average Bonchev–Trinajstić information content (AvgIpc) is 3.15. The van der Waals surface area contributed by atoms with Crippen LogP contribution in [0.25, 0.3) is 0 Å². The Morgan fingerprint density at radius 1 is 1.24 bits per heavy atom. The number of thioether (sulfide) groups is 1. The molecule has 2 heterocycles. The van der Waals surface area contributed by atoms with Gasteiger partial charge in [0, 0.05) is 32.6 Å². The lowest BCUT2D eigenvalue weighted by molar-refractivity contribution is -0.137. The molecule has 1 aromatic heterocycles. The number of alkyl halides is 3. The van der Waals surface area contributed by atoms with Gasteiger partial charge in [-0.2, -0.15) is 13.2 Å². The first kappa shape index (κ1) is 21.4. The molecular weight excluding hydrogens is 407 g/mol. The first-order valence-electron chi connectivity index (χ1n) is 9.16. The molecule has 0 unspecified atom stereocenters. The molecule has 1 aliphatic rings. The molecule has 7 nitrogen and oxygen atoms in total. The fourth-order valence-corrected chi connectivity index (χ4v) is 3.47. The highest BCUT2D eigenvalue weighted by Gasteiger charge is 2.32. The van der Waals surface area contributed by atoms with Crippen LogP contribution in [0, 0.1) is 0 Å². The topological polar surface area (TPSA) is 74.5 Å². The molecule has 0 spiro atoms. The third-order valence-corrected chi connectivity index (χ3v) is 5.34. The molecule has 0 aliphatic carbocycles. The quantitative estimate of drug-likeness (QED) is 0.707. The van der Waals surface area contributed by atoms with Crippen molar-refractivity contribution in [3.8, 4) is 0 Å². The van der Waals surface area contributed by atoms with Crippen LogP contribution in [-0.4, -0.2) is 60.0 Å². The summed E-state index contributed by atoms with van der Waals surface area (Å²) < 4.78 is 44.8. The summed E-state index contributed by atoms with van der Waals surface area (Å²) in [4.78, 5) is 16.5. The predicted molar refractivity (Wildman–Crippen MR) is 104 cm³/mol. The summed E-state index contributed by atoms with van der Waals surface area (Å²) in [5.41, 5.74) is -0.0758. The van der Waals surface area contributed by atoms with Crippen LogP contribution in [-0.2, 0) is 17.4 Å². The van der Waals surface area contributed by atoms with E-state index in [1.54, 1.807) is 0 Å². The molecule has 1 amide bonds. The van der Waals surface area contributed by atoms with E-state index in [1.165, 1.54) is 6.07 Å². The van der Waals surface area contributed by atoms with Crippen LogP contribution in [0.5, 0.6) is 0 Å². The third-order valence-electron chi connectivity index (χ3n) is 4.52. The zero-order chi connectivity index (χ0) is 21.0. The van der Waals surface area contributed by atoms with Gasteiger partial charge >= 0.3 is 6.18 Å². The first-order valence-corrected chi connectivity index (χ1v) is 10.1. The van der Waals surface area contributed by atoms with Crippen LogP contribution >= 0.6 is 11.8 Å². The summed E-state index contributed by atoms with van der Waals surface area (Å²) in [5, 5.41) is 10.5. The monoisotopic (exact) mass is 429 g/mol. The van der Waals surface area contributed by atoms with Crippen LogP contribution in [0.4, 0.5) is 24.5 Å². The Hall–Kier alpha value is -2.27. The lowest BCUT2D eigenvalue weighted by Gasteiger charge is -2.35. The van der Waals surface area contributed by atoms with Gasteiger partial charge in [0.25, 0.3) is 5.22 Å². The lowest BCUT2D eigenvalue weighted by atomic mass is 10.1. The molecule has 1 aromatic carbocycles. The van der Waals surface area contributed by atoms with Crippen molar-refractivity contribution in [1.82, 2.24) is 15.1 Å². The zero-order valence-electron chi connectivity index (χ0n) is 16.1. The SMILES string of the molecule is CCc1nnc(SCC(=O)Nc2cc(C(F)(F)F)ccc2N2CCN(C)CC2)o1. The molecule has 0 atom stereocenters. The van der Waals surface area contributed by atoms with Crippen LogP contribution in [0.2, 0.25) is 0 Å². The minimum Gasteiger partial charge on any atom is -0.416 e. The average molecular weight is 429 g/mol. The number of piperazine rings is 1. The summed E-state index contributed by atoms with van der Waals surface area (Å²) in [6, 6.07) is 3.45. The summed E-state index contributed by atoms with van der Waals surface area (Å²) in [5.74, 6) is -0.0341. The Balaban J connectivity index is 1.74. The molecular formula is C18H22F3N5O2S. The maximum absolute atomic E-state index is 13.2. The van der Waals surface area contributed by atoms with E-state index in [0.29, 0.717) is 31.1 Å². The van der Waals surface area contributed by atoms with Gasteiger partial charge in [0.05, 0.1) is 22.7 Å². The number of anilines is 2. The Morgan fingerprint density at radius 3 is 2.59 bits per heavy atom. The zero-order valence-corrected chi connectivity index (χ0v) is 16.9. The van der Waals surface area contributed by atoms with Gasteiger partial charge in [-0.3, -0.25) is 4.79 Å². The number of halogens is 3. The number of nitrogens with zero attached hydrogens (tertiary/aromatic N) is 4.